The van der Waals surface area contributed by atoms with E-state index in [4.69, 9.17) is 5.11 Å². The van der Waals surface area contributed by atoms with Crippen LogP contribution in [0.15, 0.2) is 0 Å². The third-order valence-electron chi connectivity index (χ3n) is 0.215. The molecule has 0 rings (SSSR count). The van der Waals surface area contributed by atoms with Crippen LogP contribution in [0.3, 0.4) is 0 Å². The van der Waals surface area contributed by atoms with Crippen molar-refractivity contribution in [3.63, 3.8) is 0 Å². The first-order valence-corrected chi connectivity index (χ1v) is 1.54. The maximum atomic E-state index is 9.58. The number of carbonyl (C=O) groups excluding carboxylic acids is 1. The number of hydrogen-bond acceptors (Lipinski definition) is 3. The number of carbonyl (C=O) groups is 1. The molecule has 3 nitrogen and oxygen atoms in total. The van der Waals surface area contributed by atoms with Crippen LogP contribution in [0, 0.1) is 0 Å². The van der Waals surface area contributed by atoms with Gasteiger partial charge in [0.25, 0.3) is 0 Å². The molecule has 8 heavy (non-hydrogen) atoms. The van der Waals surface area contributed by atoms with Gasteiger partial charge in [-0.15, -0.1) is 0 Å². The molecule has 0 aromatic heterocycles. The van der Waals surface area contributed by atoms with Gasteiger partial charge in [0.05, 0.1) is 0 Å². The van der Waals surface area contributed by atoms with Crippen molar-refractivity contribution in [3.05, 3.63) is 0 Å². The Morgan fingerprint density at radius 2 is 2.12 bits per heavy atom. The first kappa shape index (κ1) is 16.4. The van der Waals surface area contributed by atoms with Gasteiger partial charge in [0.15, 0.2) is 0 Å². The van der Waals surface area contributed by atoms with E-state index in [2.05, 4.69) is 16.2 Å². The Morgan fingerprint density at radius 3 is 2.12 bits per heavy atom. The summed E-state index contributed by atoms with van der Waals surface area (Å²) in [6.45, 7) is -0.663. The summed E-state index contributed by atoms with van der Waals surface area (Å²) in [6, 6.07) is 0. The zero-order chi connectivity index (χ0) is 4.99. The fraction of sp³-hybridized carbons (Fsp3) is 0.500. The Hall–Kier alpha value is 1.72. The van der Waals surface area contributed by atoms with Gasteiger partial charge in [-0.3, -0.25) is 0 Å². The second kappa shape index (κ2) is 11.5. The van der Waals surface area contributed by atoms with Crippen LogP contribution in [0.4, 0.5) is 0 Å². The predicted molar refractivity (Wildman–Crippen MR) is 21.3 cm³/mol. The monoisotopic (exact) mass is 158 g/mol. The molecular weight excluding hydrogens is 153 g/mol. The van der Waals surface area contributed by atoms with Crippen molar-refractivity contribution >= 4 is 17.8 Å². The standard InChI is InChI=1S/C2H3ClO3.2Na.2H/c3-6-2(5)1-4;;;;/h4H,1H2;;;;/q;2*+1;2*-1. The van der Waals surface area contributed by atoms with Gasteiger partial charge >= 0.3 is 65.1 Å². The van der Waals surface area contributed by atoms with Gasteiger partial charge in [-0.1, -0.05) is 0 Å². The first-order valence-electron chi connectivity index (χ1n) is 1.23. The van der Waals surface area contributed by atoms with E-state index in [1.54, 1.807) is 0 Å². The molecule has 0 aromatic carbocycles. The smallest absolute Gasteiger partial charge is 1.00 e. The molecule has 0 bridgehead atoms. The molecule has 0 heterocycles. The molecule has 0 aromatic rings. The summed E-state index contributed by atoms with van der Waals surface area (Å²) in [7, 11) is 0. The topological polar surface area (TPSA) is 46.5 Å². The Labute approximate surface area is 99.4 Å². The second-order valence-electron chi connectivity index (χ2n) is 0.607. The molecule has 0 unspecified atom stereocenters. The van der Waals surface area contributed by atoms with Crippen LogP contribution in [0.2, 0.25) is 0 Å². The molecule has 0 spiro atoms. The number of hydrogen-bond donors (Lipinski definition) is 1. The van der Waals surface area contributed by atoms with E-state index in [0.717, 1.165) is 0 Å². The average molecular weight is 158 g/mol. The van der Waals surface area contributed by atoms with Gasteiger partial charge in [0.1, 0.15) is 18.5 Å². The molecule has 40 valence electrons. The Bertz CT molecular complexity index is 60.5. The summed E-state index contributed by atoms with van der Waals surface area (Å²) in [5.74, 6) is -0.836. The van der Waals surface area contributed by atoms with Crippen molar-refractivity contribution in [1.29, 1.82) is 0 Å². The SMILES string of the molecule is O=C(CO)OCl.[H-].[H-].[Na+].[Na+]. The molecule has 0 radical (unpaired) electrons. The number of aliphatic hydroxyl groups excluding tert-OH is 1. The molecule has 0 fully saturated rings. The summed E-state index contributed by atoms with van der Waals surface area (Å²) >= 11 is 4.44. The fourth-order valence-corrected chi connectivity index (χ4v) is 0.0732. The van der Waals surface area contributed by atoms with Crippen LogP contribution < -0.4 is 59.1 Å². The third kappa shape index (κ3) is 10.7. The van der Waals surface area contributed by atoms with Crippen molar-refractivity contribution in [2.75, 3.05) is 6.61 Å². The van der Waals surface area contributed by atoms with Gasteiger partial charge < -0.3 is 12.2 Å². The zero-order valence-corrected chi connectivity index (χ0v) is 9.60. The quantitative estimate of drug-likeness (QED) is 0.387. The van der Waals surface area contributed by atoms with Gasteiger partial charge in [-0.05, 0) is 0 Å². The van der Waals surface area contributed by atoms with E-state index < -0.39 is 12.6 Å². The van der Waals surface area contributed by atoms with Gasteiger partial charge in [0, 0.05) is 0 Å². The molecule has 0 atom stereocenters. The van der Waals surface area contributed by atoms with E-state index in [1.807, 2.05) is 0 Å². The minimum absolute atomic E-state index is 0. The van der Waals surface area contributed by atoms with Crippen LogP contribution in [-0.4, -0.2) is 17.7 Å². The summed E-state index contributed by atoms with van der Waals surface area (Å²) in [5.41, 5.74) is 0. The summed E-state index contributed by atoms with van der Waals surface area (Å²) in [5, 5.41) is 7.78. The van der Waals surface area contributed by atoms with Crippen LogP contribution >= 0.6 is 11.9 Å². The average Bonchev–Trinajstić information content (AvgIpc) is 1.65. The van der Waals surface area contributed by atoms with E-state index in [9.17, 15) is 4.79 Å². The Balaban J connectivity index is -0.0000000208. The third-order valence-corrected chi connectivity index (χ3v) is 0.387. The first-order chi connectivity index (χ1) is 2.81. The van der Waals surface area contributed by atoms with Crippen molar-refractivity contribution in [3.8, 4) is 0 Å². The number of aliphatic hydroxyl groups is 1. The summed E-state index contributed by atoms with van der Waals surface area (Å²) in [4.78, 5) is 9.58. The molecule has 0 aliphatic rings. The van der Waals surface area contributed by atoms with Gasteiger partial charge in [0.2, 0.25) is 0 Å². The van der Waals surface area contributed by atoms with E-state index in [0.29, 0.717) is 0 Å². The largest absolute Gasteiger partial charge is 1.00 e. The maximum absolute atomic E-state index is 9.58. The van der Waals surface area contributed by atoms with Crippen LogP contribution in [-0.2, 0) is 9.08 Å². The summed E-state index contributed by atoms with van der Waals surface area (Å²) < 4.78 is 3.48. The van der Waals surface area contributed by atoms with Gasteiger partial charge in [-0.2, -0.15) is 0 Å². The van der Waals surface area contributed by atoms with Crippen molar-refractivity contribution in [1.82, 2.24) is 0 Å². The van der Waals surface area contributed by atoms with E-state index in [-0.39, 0.29) is 62.0 Å². The minimum atomic E-state index is -0.836. The Kier molecular flexibility index (Phi) is 23.5. The molecule has 0 amide bonds. The van der Waals surface area contributed by atoms with Crippen LogP contribution in [0.1, 0.15) is 2.85 Å². The molecule has 0 saturated carbocycles. The van der Waals surface area contributed by atoms with Crippen molar-refractivity contribution in [2.45, 2.75) is 0 Å². The van der Waals surface area contributed by atoms with E-state index >= 15 is 0 Å². The number of rotatable bonds is 1. The van der Waals surface area contributed by atoms with E-state index in [1.165, 1.54) is 0 Å². The van der Waals surface area contributed by atoms with Crippen molar-refractivity contribution in [2.24, 2.45) is 0 Å². The Morgan fingerprint density at radius 1 is 1.75 bits per heavy atom. The normalized spacial score (nSPS) is 5.75. The number of halogens is 1. The molecule has 0 aliphatic carbocycles. The second-order valence-corrected chi connectivity index (χ2v) is 0.762. The fourth-order valence-electron chi connectivity index (χ4n) is 0.0244. The molecular formula is C2H5ClNa2O3. The molecule has 6 heteroatoms. The zero-order valence-electron chi connectivity index (χ0n) is 6.85. The summed E-state index contributed by atoms with van der Waals surface area (Å²) in [6.07, 6.45) is 0. The van der Waals surface area contributed by atoms with Crippen molar-refractivity contribution < 1.29 is 76.2 Å². The molecule has 0 aliphatic heterocycles. The molecule has 1 N–H and O–H groups in total. The van der Waals surface area contributed by atoms with Crippen LogP contribution in [0.25, 0.3) is 0 Å². The predicted octanol–water partition coefficient (Wildman–Crippen LogP) is -6.09. The minimum Gasteiger partial charge on any atom is -1.00 e. The van der Waals surface area contributed by atoms with Crippen LogP contribution in [0.5, 0.6) is 0 Å². The maximum Gasteiger partial charge on any atom is 1.00 e. The molecule has 0 saturated heterocycles. The van der Waals surface area contributed by atoms with Gasteiger partial charge in [-0.25, -0.2) is 4.79 Å².